The summed E-state index contributed by atoms with van der Waals surface area (Å²) in [6, 6.07) is 5.30. The SMILES string of the molecule is CC[C@@H](N)[C@@H](O)c1ccc(N)c(C)c1. The van der Waals surface area contributed by atoms with E-state index in [1.165, 1.54) is 0 Å². The van der Waals surface area contributed by atoms with Gasteiger partial charge in [0, 0.05) is 11.7 Å². The first kappa shape index (κ1) is 11.0. The minimum absolute atomic E-state index is 0.210. The molecule has 3 heteroatoms. The first-order valence-corrected chi connectivity index (χ1v) is 4.86. The minimum atomic E-state index is -0.598. The largest absolute Gasteiger partial charge is 0.399 e. The Morgan fingerprint density at radius 1 is 1.43 bits per heavy atom. The number of hydrogen-bond donors (Lipinski definition) is 3. The Balaban J connectivity index is 2.91. The Bertz CT molecular complexity index is 312. The van der Waals surface area contributed by atoms with Crippen LogP contribution < -0.4 is 11.5 Å². The molecule has 5 N–H and O–H groups in total. The van der Waals surface area contributed by atoms with Crippen molar-refractivity contribution in [1.82, 2.24) is 0 Å². The average molecular weight is 194 g/mol. The van der Waals surface area contributed by atoms with Crippen LogP contribution in [0.3, 0.4) is 0 Å². The second-order valence-corrected chi connectivity index (χ2v) is 3.63. The fourth-order valence-corrected chi connectivity index (χ4v) is 1.35. The van der Waals surface area contributed by atoms with E-state index in [1.54, 1.807) is 6.07 Å². The first-order chi connectivity index (χ1) is 6.56. The molecule has 0 spiro atoms. The van der Waals surface area contributed by atoms with Crippen LogP contribution in [-0.4, -0.2) is 11.1 Å². The molecule has 0 saturated carbocycles. The van der Waals surface area contributed by atoms with Crippen molar-refractivity contribution >= 4 is 5.69 Å². The van der Waals surface area contributed by atoms with Gasteiger partial charge in [-0.2, -0.15) is 0 Å². The zero-order valence-corrected chi connectivity index (χ0v) is 8.70. The third kappa shape index (κ3) is 2.25. The molecule has 1 aromatic rings. The summed E-state index contributed by atoms with van der Waals surface area (Å²) < 4.78 is 0. The number of benzene rings is 1. The van der Waals surface area contributed by atoms with E-state index in [-0.39, 0.29) is 6.04 Å². The lowest BCUT2D eigenvalue weighted by Gasteiger charge is -2.18. The van der Waals surface area contributed by atoms with E-state index in [4.69, 9.17) is 11.5 Å². The van der Waals surface area contributed by atoms with Crippen molar-refractivity contribution in [3.05, 3.63) is 29.3 Å². The molecule has 78 valence electrons. The Labute approximate surface area is 84.7 Å². The second kappa shape index (κ2) is 4.44. The monoisotopic (exact) mass is 194 g/mol. The standard InChI is InChI=1S/C11H18N2O/c1-3-9(12)11(14)8-4-5-10(13)7(2)6-8/h4-6,9,11,14H,3,12-13H2,1-2H3/t9-,11+/m1/s1. The first-order valence-electron chi connectivity index (χ1n) is 4.86. The second-order valence-electron chi connectivity index (χ2n) is 3.63. The van der Waals surface area contributed by atoms with Gasteiger partial charge >= 0.3 is 0 Å². The predicted molar refractivity (Wildman–Crippen MR) is 58.8 cm³/mol. The summed E-state index contributed by atoms with van der Waals surface area (Å²) >= 11 is 0. The molecule has 1 rings (SSSR count). The molecule has 0 aliphatic heterocycles. The Morgan fingerprint density at radius 2 is 2.07 bits per heavy atom. The van der Waals surface area contributed by atoms with Crippen molar-refractivity contribution in [1.29, 1.82) is 0 Å². The molecule has 0 bridgehead atoms. The van der Waals surface area contributed by atoms with E-state index in [1.807, 2.05) is 26.0 Å². The van der Waals surface area contributed by atoms with Crippen molar-refractivity contribution in [3.63, 3.8) is 0 Å². The lowest BCUT2D eigenvalue weighted by atomic mass is 9.99. The lowest BCUT2D eigenvalue weighted by molar-refractivity contribution is 0.144. The number of nitrogens with two attached hydrogens (primary N) is 2. The molecule has 2 atom stereocenters. The summed E-state index contributed by atoms with van der Waals surface area (Å²) in [6.45, 7) is 3.88. The highest BCUT2D eigenvalue weighted by Gasteiger charge is 2.15. The van der Waals surface area contributed by atoms with Crippen LogP contribution in [0.5, 0.6) is 0 Å². The van der Waals surface area contributed by atoms with Gasteiger partial charge in [0.25, 0.3) is 0 Å². The van der Waals surface area contributed by atoms with Crippen LogP contribution in [0, 0.1) is 6.92 Å². The highest BCUT2D eigenvalue weighted by Crippen LogP contribution is 2.21. The van der Waals surface area contributed by atoms with Crippen molar-refractivity contribution in [3.8, 4) is 0 Å². The Hall–Kier alpha value is -1.06. The van der Waals surface area contributed by atoms with Crippen molar-refractivity contribution < 1.29 is 5.11 Å². The number of aryl methyl sites for hydroxylation is 1. The Kier molecular flexibility index (Phi) is 3.49. The van der Waals surface area contributed by atoms with Crippen LogP contribution in [0.2, 0.25) is 0 Å². The van der Waals surface area contributed by atoms with Crippen molar-refractivity contribution in [2.24, 2.45) is 5.73 Å². The number of rotatable bonds is 3. The minimum Gasteiger partial charge on any atom is -0.399 e. The molecule has 0 aliphatic carbocycles. The van der Waals surface area contributed by atoms with E-state index in [0.29, 0.717) is 0 Å². The summed E-state index contributed by atoms with van der Waals surface area (Å²) in [6.07, 6.45) is 0.157. The summed E-state index contributed by atoms with van der Waals surface area (Å²) in [4.78, 5) is 0. The average Bonchev–Trinajstić information content (AvgIpc) is 2.20. The van der Waals surface area contributed by atoms with Gasteiger partial charge in [-0.25, -0.2) is 0 Å². The van der Waals surface area contributed by atoms with Gasteiger partial charge in [-0.3, -0.25) is 0 Å². The maximum atomic E-state index is 9.84. The van der Waals surface area contributed by atoms with Gasteiger partial charge in [-0.05, 0) is 30.5 Å². The zero-order chi connectivity index (χ0) is 10.7. The summed E-state index contributed by atoms with van der Waals surface area (Å²) in [7, 11) is 0. The number of aliphatic hydroxyl groups excluding tert-OH is 1. The maximum Gasteiger partial charge on any atom is 0.0940 e. The third-order valence-corrected chi connectivity index (χ3v) is 2.51. The Morgan fingerprint density at radius 3 is 2.57 bits per heavy atom. The van der Waals surface area contributed by atoms with Gasteiger partial charge in [0.2, 0.25) is 0 Å². The molecule has 0 heterocycles. The molecule has 0 unspecified atom stereocenters. The molecule has 0 saturated heterocycles. The van der Waals surface area contributed by atoms with E-state index < -0.39 is 6.10 Å². The van der Waals surface area contributed by atoms with Crippen LogP contribution in [0.4, 0.5) is 5.69 Å². The maximum absolute atomic E-state index is 9.84. The van der Waals surface area contributed by atoms with Crippen molar-refractivity contribution in [2.45, 2.75) is 32.4 Å². The molecular formula is C11H18N2O. The highest BCUT2D eigenvalue weighted by atomic mass is 16.3. The molecule has 0 aliphatic rings. The summed E-state index contributed by atoms with van der Waals surface area (Å²) in [5.74, 6) is 0. The van der Waals surface area contributed by atoms with Crippen LogP contribution in [0.25, 0.3) is 0 Å². The van der Waals surface area contributed by atoms with Crippen LogP contribution in [0.1, 0.15) is 30.6 Å². The van der Waals surface area contributed by atoms with Crippen LogP contribution in [-0.2, 0) is 0 Å². The quantitative estimate of drug-likeness (QED) is 0.636. The zero-order valence-electron chi connectivity index (χ0n) is 8.70. The van der Waals surface area contributed by atoms with Gasteiger partial charge < -0.3 is 16.6 Å². The van der Waals surface area contributed by atoms with Gasteiger partial charge in [0.1, 0.15) is 0 Å². The van der Waals surface area contributed by atoms with Gasteiger partial charge in [-0.1, -0.05) is 19.1 Å². The van der Waals surface area contributed by atoms with Gasteiger partial charge in [-0.15, -0.1) is 0 Å². The topological polar surface area (TPSA) is 72.3 Å². The predicted octanol–water partition coefficient (Wildman–Crippen LogP) is 1.35. The van der Waals surface area contributed by atoms with Crippen LogP contribution in [0.15, 0.2) is 18.2 Å². The van der Waals surface area contributed by atoms with E-state index in [0.717, 1.165) is 23.2 Å². The summed E-state index contributed by atoms with van der Waals surface area (Å²) in [5, 5.41) is 9.84. The molecule has 3 nitrogen and oxygen atoms in total. The molecule has 0 radical (unpaired) electrons. The van der Waals surface area contributed by atoms with E-state index in [9.17, 15) is 5.11 Å². The van der Waals surface area contributed by atoms with Gasteiger partial charge in [0.15, 0.2) is 0 Å². The normalized spacial score (nSPS) is 15.1. The lowest BCUT2D eigenvalue weighted by Crippen LogP contribution is -2.27. The van der Waals surface area contributed by atoms with Crippen LogP contribution >= 0.6 is 0 Å². The molecule has 14 heavy (non-hydrogen) atoms. The summed E-state index contributed by atoms with van der Waals surface area (Å²) in [5.41, 5.74) is 14.0. The van der Waals surface area contributed by atoms with E-state index in [2.05, 4.69) is 0 Å². The fourth-order valence-electron chi connectivity index (χ4n) is 1.35. The van der Waals surface area contributed by atoms with Gasteiger partial charge in [0.05, 0.1) is 6.10 Å². The van der Waals surface area contributed by atoms with E-state index >= 15 is 0 Å². The number of aliphatic hydroxyl groups is 1. The molecule has 1 aromatic carbocycles. The fraction of sp³-hybridized carbons (Fsp3) is 0.455. The number of nitrogen functional groups attached to an aromatic ring is 1. The third-order valence-electron chi connectivity index (χ3n) is 2.51. The smallest absolute Gasteiger partial charge is 0.0940 e. The highest BCUT2D eigenvalue weighted by molar-refractivity contribution is 5.48. The molecule has 0 aromatic heterocycles. The number of anilines is 1. The van der Waals surface area contributed by atoms with Crippen molar-refractivity contribution in [2.75, 3.05) is 5.73 Å². The molecule has 0 fully saturated rings. The molecular weight excluding hydrogens is 176 g/mol. The molecule has 0 amide bonds. The number of hydrogen-bond acceptors (Lipinski definition) is 3.